The Morgan fingerprint density at radius 1 is 1.04 bits per heavy atom. The topological polar surface area (TPSA) is 74.9 Å². The Kier molecular flexibility index (Phi) is 5.32. The van der Waals surface area contributed by atoms with Crippen molar-refractivity contribution in [3.05, 3.63) is 11.7 Å². The number of hydrogen-bond acceptors (Lipinski definition) is 7. The summed E-state index contributed by atoms with van der Waals surface area (Å²) < 4.78 is 47.9. The Bertz CT molecular complexity index is 706. The fourth-order valence-electron chi connectivity index (χ4n) is 4.29. The van der Waals surface area contributed by atoms with Gasteiger partial charge in [-0.2, -0.15) is 18.2 Å². The zero-order valence-corrected chi connectivity index (χ0v) is 15.6. The zero-order chi connectivity index (χ0) is 19.8. The molecule has 156 valence electrons. The number of alkyl halides is 3. The monoisotopic (exact) mass is 403 g/mol. The van der Waals surface area contributed by atoms with Crippen molar-refractivity contribution >= 4 is 5.91 Å². The molecule has 1 aromatic heterocycles. The maximum Gasteiger partial charge on any atom is 0.455 e. The first-order valence-corrected chi connectivity index (χ1v) is 9.57. The zero-order valence-electron chi connectivity index (χ0n) is 15.6. The van der Waals surface area contributed by atoms with E-state index < -0.39 is 17.4 Å². The van der Waals surface area contributed by atoms with Crippen molar-refractivity contribution in [2.75, 3.05) is 59.0 Å². The molecule has 0 bridgehead atoms. The van der Waals surface area contributed by atoms with E-state index in [1.807, 2.05) is 9.80 Å². The molecule has 1 aromatic rings. The van der Waals surface area contributed by atoms with Gasteiger partial charge in [-0.15, -0.1) is 0 Å². The molecule has 0 N–H and O–H groups in total. The molecule has 0 radical (unpaired) electrons. The van der Waals surface area contributed by atoms with Crippen LogP contribution in [0.3, 0.4) is 0 Å². The fourth-order valence-corrected chi connectivity index (χ4v) is 4.29. The number of hydrogen-bond donors (Lipinski definition) is 0. The van der Waals surface area contributed by atoms with E-state index in [4.69, 9.17) is 9.26 Å². The van der Waals surface area contributed by atoms with Crippen LogP contribution in [0.15, 0.2) is 4.52 Å². The van der Waals surface area contributed by atoms with Crippen molar-refractivity contribution in [2.45, 2.75) is 25.6 Å². The van der Waals surface area contributed by atoms with Crippen LogP contribution >= 0.6 is 0 Å². The van der Waals surface area contributed by atoms with Crippen molar-refractivity contribution in [1.82, 2.24) is 24.8 Å². The molecule has 1 spiro atoms. The normalized spacial score (nSPS) is 27.4. The number of carbonyl (C=O) groups excluding carboxylic acids is 1. The number of halogens is 3. The minimum Gasteiger partial charge on any atom is -0.379 e. The van der Waals surface area contributed by atoms with E-state index in [1.54, 1.807) is 0 Å². The molecule has 11 heteroatoms. The number of likely N-dealkylation sites (tertiary alicyclic amines) is 2. The predicted octanol–water partition coefficient (Wildman–Crippen LogP) is 0.845. The predicted molar refractivity (Wildman–Crippen MR) is 90.1 cm³/mol. The summed E-state index contributed by atoms with van der Waals surface area (Å²) in [6.45, 7) is 6.82. The van der Waals surface area contributed by atoms with Crippen LogP contribution in [0.25, 0.3) is 0 Å². The van der Waals surface area contributed by atoms with E-state index in [2.05, 4.69) is 15.0 Å². The SMILES string of the molecule is O=C1N(CCN2CCOCC2)CCC12CCN(Cc1nc(C(F)(F)F)no1)C2. The van der Waals surface area contributed by atoms with Crippen LogP contribution < -0.4 is 0 Å². The Balaban J connectivity index is 1.30. The first-order chi connectivity index (χ1) is 13.4. The molecule has 1 amide bonds. The van der Waals surface area contributed by atoms with Crippen LogP contribution in [0.2, 0.25) is 0 Å². The number of nitrogens with zero attached hydrogens (tertiary/aromatic N) is 5. The van der Waals surface area contributed by atoms with Gasteiger partial charge >= 0.3 is 6.18 Å². The van der Waals surface area contributed by atoms with Gasteiger partial charge in [-0.1, -0.05) is 5.16 Å². The number of aromatic nitrogens is 2. The summed E-state index contributed by atoms with van der Waals surface area (Å²) in [4.78, 5) is 22.6. The van der Waals surface area contributed by atoms with Gasteiger partial charge in [-0.25, -0.2) is 0 Å². The Morgan fingerprint density at radius 3 is 2.50 bits per heavy atom. The minimum atomic E-state index is -4.61. The Labute approximate surface area is 160 Å². The number of rotatable bonds is 5. The van der Waals surface area contributed by atoms with Gasteiger partial charge in [0.1, 0.15) is 0 Å². The molecule has 1 unspecified atom stereocenters. The molecule has 4 rings (SSSR count). The molecular weight excluding hydrogens is 379 g/mol. The highest BCUT2D eigenvalue weighted by molar-refractivity contribution is 5.85. The molecule has 3 aliphatic heterocycles. The average molecular weight is 403 g/mol. The maximum atomic E-state index is 13.0. The lowest BCUT2D eigenvalue weighted by Gasteiger charge is -2.29. The lowest BCUT2D eigenvalue weighted by atomic mass is 9.85. The van der Waals surface area contributed by atoms with E-state index in [1.165, 1.54) is 0 Å². The van der Waals surface area contributed by atoms with Crippen LogP contribution in [0, 0.1) is 5.41 Å². The van der Waals surface area contributed by atoms with Crippen molar-refractivity contribution in [2.24, 2.45) is 5.41 Å². The second-order valence-corrected chi connectivity index (χ2v) is 7.75. The van der Waals surface area contributed by atoms with Gasteiger partial charge in [0.15, 0.2) is 0 Å². The van der Waals surface area contributed by atoms with Crippen molar-refractivity contribution in [1.29, 1.82) is 0 Å². The van der Waals surface area contributed by atoms with Gasteiger partial charge in [-0.05, 0) is 19.4 Å². The van der Waals surface area contributed by atoms with Crippen LogP contribution in [-0.4, -0.2) is 89.8 Å². The Hall–Kier alpha value is -1.72. The highest BCUT2D eigenvalue weighted by atomic mass is 19.4. The molecule has 8 nitrogen and oxygen atoms in total. The molecule has 3 fully saturated rings. The van der Waals surface area contributed by atoms with E-state index in [9.17, 15) is 18.0 Å². The second kappa shape index (κ2) is 7.60. The summed E-state index contributed by atoms with van der Waals surface area (Å²) in [6, 6.07) is 0. The molecular formula is C17H24F3N5O3. The van der Waals surface area contributed by atoms with Crippen LogP contribution in [0.4, 0.5) is 13.2 Å². The van der Waals surface area contributed by atoms with Crippen molar-refractivity contribution in [3.63, 3.8) is 0 Å². The summed E-state index contributed by atoms with van der Waals surface area (Å²) in [5.74, 6) is -1.17. The maximum absolute atomic E-state index is 13.0. The quantitative estimate of drug-likeness (QED) is 0.721. The van der Waals surface area contributed by atoms with Crippen molar-refractivity contribution in [3.8, 4) is 0 Å². The second-order valence-electron chi connectivity index (χ2n) is 7.75. The van der Waals surface area contributed by atoms with Gasteiger partial charge in [0.05, 0.1) is 25.2 Å². The van der Waals surface area contributed by atoms with Gasteiger partial charge in [0.25, 0.3) is 5.82 Å². The number of ether oxygens (including phenoxy) is 1. The highest BCUT2D eigenvalue weighted by Gasteiger charge is 2.50. The summed E-state index contributed by atoms with van der Waals surface area (Å²) in [6.07, 6.45) is -3.13. The van der Waals surface area contributed by atoms with Gasteiger partial charge in [0, 0.05) is 39.3 Å². The van der Waals surface area contributed by atoms with Crippen LogP contribution in [0.5, 0.6) is 0 Å². The van der Waals surface area contributed by atoms with Gasteiger partial charge in [0.2, 0.25) is 11.8 Å². The Morgan fingerprint density at radius 2 is 1.79 bits per heavy atom. The summed E-state index contributed by atoms with van der Waals surface area (Å²) in [5.41, 5.74) is -0.433. The smallest absolute Gasteiger partial charge is 0.379 e. The molecule has 1 atom stereocenters. The third kappa shape index (κ3) is 4.01. The largest absolute Gasteiger partial charge is 0.455 e. The minimum absolute atomic E-state index is 0.0704. The number of morpholine rings is 1. The molecule has 4 heterocycles. The average Bonchev–Trinajstić information content (AvgIpc) is 3.37. The molecule has 0 aromatic carbocycles. The summed E-state index contributed by atoms with van der Waals surface area (Å²) >= 11 is 0. The lowest BCUT2D eigenvalue weighted by molar-refractivity contribution is -0.146. The van der Waals surface area contributed by atoms with Gasteiger partial charge in [-0.3, -0.25) is 14.6 Å². The number of amides is 1. The molecule has 3 saturated heterocycles. The fraction of sp³-hybridized carbons (Fsp3) is 0.824. The molecule has 28 heavy (non-hydrogen) atoms. The molecule has 0 saturated carbocycles. The van der Waals surface area contributed by atoms with E-state index in [-0.39, 0.29) is 18.3 Å². The van der Waals surface area contributed by atoms with Crippen LogP contribution in [0.1, 0.15) is 24.6 Å². The molecule has 3 aliphatic rings. The van der Waals surface area contributed by atoms with Crippen LogP contribution in [-0.2, 0) is 22.3 Å². The lowest BCUT2D eigenvalue weighted by Crippen LogP contribution is -2.43. The molecule has 0 aliphatic carbocycles. The first-order valence-electron chi connectivity index (χ1n) is 9.57. The van der Waals surface area contributed by atoms with Crippen molar-refractivity contribution < 1.29 is 27.2 Å². The highest BCUT2D eigenvalue weighted by Crippen LogP contribution is 2.41. The van der Waals surface area contributed by atoms with E-state index >= 15 is 0 Å². The standard InChI is InChI=1S/C17H24F3N5O3/c18-17(19,20)14-21-13(28-22-14)11-24-3-1-16(12-24)2-4-25(15(16)26)6-5-23-7-9-27-10-8-23/h1-12H2. The first kappa shape index (κ1) is 19.6. The van der Waals surface area contributed by atoms with E-state index in [0.29, 0.717) is 26.1 Å². The third-order valence-electron chi connectivity index (χ3n) is 5.90. The summed E-state index contributed by atoms with van der Waals surface area (Å²) in [7, 11) is 0. The number of carbonyl (C=O) groups is 1. The van der Waals surface area contributed by atoms with E-state index in [0.717, 1.165) is 45.8 Å². The van der Waals surface area contributed by atoms with Gasteiger partial charge < -0.3 is 14.2 Å². The summed E-state index contributed by atoms with van der Waals surface area (Å²) in [5, 5.41) is 2.99. The third-order valence-corrected chi connectivity index (χ3v) is 5.90.